The van der Waals surface area contributed by atoms with E-state index in [-0.39, 0.29) is 11.4 Å². The van der Waals surface area contributed by atoms with Gasteiger partial charge < -0.3 is 18.9 Å². The van der Waals surface area contributed by atoms with Crippen molar-refractivity contribution in [3.05, 3.63) is 101 Å². The molecule has 4 aromatic rings. The smallest absolute Gasteiger partial charge is 0.416 e. The van der Waals surface area contributed by atoms with Gasteiger partial charge in [0.25, 0.3) is 5.69 Å². The van der Waals surface area contributed by atoms with Crippen molar-refractivity contribution in [2.45, 2.75) is 25.4 Å². The van der Waals surface area contributed by atoms with E-state index >= 15 is 0 Å². The number of alkyl halides is 3. The van der Waals surface area contributed by atoms with Crippen LogP contribution in [0, 0.1) is 10.1 Å². The number of nitrogens with one attached hydrogen (secondary N) is 2. The van der Waals surface area contributed by atoms with Crippen LogP contribution in [-0.2, 0) is 19.0 Å². The topological polar surface area (TPSA) is 119 Å². The van der Waals surface area contributed by atoms with Crippen LogP contribution in [-0.4, -0.2) is 37.2 Å². The number of imidazole rings is 2. The van der Waals surface area contributed by atoms with E-state index in [1.165, 1.54) is 24.3 Å². The number of ether oxygens (including phenoxy) is 1. The summed E-state index contributed by atoms with van der Waals surface area (Å²) in [6.45, 7) is 0.514. The summed E-state index contributed by atoms with van der Waals surface area (Å²) in [4.78, 5) is 23.9. The molecule has 0 radical (unpaired) electrons. The first-order valence-corrected chi connectivity index (χ1v) is 12.0. The number of aryl methyl sites for hydroxylation is 2. The van der Waals surface area contributed by atoms with Crippen LogP contribution in [0.25, 0.3) is 0 Å². The minimum absolute atomic E-state index is 0.0427. The van der Waals surface area contributed by atoms with E-state index < -0.39 is 16.7 Å². The van der Waals surface area contributed by atoms with E-state index in [1.807, 2.05) is 0 Å². The van der Waals surface area contributed by atoms with Crippen LogP contribution in [0.15, 0.2) is 73.6 Å². The number of rotatable bonds is 11. The highest BCUT2D eigenvalue weighted by atomic mass is 32.2. The molecule has 37 heavy (non-hydrogen) atoms. The summed E-state index contributed by atoms with van der Waals surface area (Å²) in [6.07, 6.45) is 4.71. The van der Waals surface area contributed by atoms with Crippen LogP contribution in [0.2, 0.25) is 0 Å². The first-order chi connectivity index (χ1) is 17.8. The molecule has 0 amide bonds. The normalized spacial score (nSPS) is 10.9. The summed E-state index contributed by atoms with van der Waals surface area (Å²) in [6, 6.07) is 11.0. The molecule has 0 saturated carbocycles. The lowest BCUT2D eigenvalue weighted by Crippen LogP contribution is -2.04. The summed E-state index contributed by atoms with van der Waals surface area (Å²) in [7, 11) is 0. The molecule has 2 N–H and O–H groups in total. The lowest BCUT2D eigenvalue weighted by Gasteiger charge is -2.08. The Morgan fingerprint density at radius 1 is 0.946 bits per heavy atom. The average molecular weight is 536 g/mol. The summed E-state index contributed by atoms with van der Waals surface area (Å²) in [5.41, 5.74) is 1.35. The summed E-state index contributed by atoms with van der Waals surface area (Å²) in [5.74, 6) is 1.34. The van der Waals surface area contributed by atoms with Gasteiger partial charge in [-0.1, -0.05) is 12.1 Å². The molecule has 4 rings (SSSR count). The molecule has 2 aromatic heterocycles. The van der Waals surface area contributed by atoms with E-state index in [1.54, 1.807) is 37.2 Å². The summed E-state index contributed by atoms with van der Waals surface area (Å²) >= 11 is 1.11. The lowest BCUT2D eigenvalue weighted by molar-refractivity contribution is -0.384. The highest BCUT2D eigenvalue weighted by molar-refractivity contribution is 7.95. The molecule has 0 atom stereocenters. The Morgan fingerprint density at radius 3 is 2.27 bits per heavy atom. The number of nitrogens with zero attached hydrogens (tertiary/aromatic N) is 3. The van der Waals surface area contributed by atoms with E-state index in [0.29, 0.717) is 24.5 Å². The zero-order valence-electron chi connectivity index (χ0n) is 19.5. The molecule has 0 spiro atoms. The van der Waals surface area contributed by atoms with Crippen LogP contribution in [0.5, 0.6) is 11.5 Å². The maximum atomic E-state index is 12.5. The van der Waals surface area contributed by atoms with Gasteiger partial charge in [-0.2, -0.15) is 13.2 Å². The van der Waals surface area contributed by atoms with Gasteiger partial charge in [0.1, 0.15) is 11.5 Å². The monoisotopic (exact) mass is 535 g/mol. The molecule has 196 valence electrons. The van der Waals surface area contributed by atoms with E-state index in [4.69, 9.17) is 8.92 Å². The number of aromatic amines is 2. The molecular weight excluding hydrogens is 511 g/mol. The maximum absolute atomic E-state index is 12.5. The number of aromatic nitrogens is 4. The predicted molar refractivity (Wildman–Crippen MR) is 132 cm³/mol. The van der Waals surface area contributed by atoms with Gasteiger partial charge in [-0.05, 0) is 37.1 Å². The Kier molecular flexibility index (Phi) is 10.4. The Bertz CT molecular complexity index is 1220. The third-order valence-corrected chi connectivity index (χ3v) is 5.45. The number of nitro groups is 1. The van der Waals surface area contributed by atoms with E-state index in [0.717, 1.165) is 48.4 Å². The van der Waals surface area contributed by atoms with Crippen LogP contribution >= 0.6 is 12.0 Å². The molecule has 0 unspecified atom stereocenters. The average Bonchev–Trinajstić information content (AvgIpc) is 3.59. The third-order valence-electron chi connectivity index (χ3n) is 4.77. The second kappa shape index (κ2) is 13.9. The Labute approximate surface area is 214 Å². The molecule has 0 saturated heterocycles. The van der Waals surface area contributed by atoms with Crippen LogP contribution < -0.4 is 8.92 Å². The SMILES string of the molecule is FC(F)(F)c1cccc(OSCCc2cnc[nH]2)c1.O=[N+]([O-])c1cccc(OCCCc2cnc[nH]2)c1. The highest BCUT2D eigenvalue weighted by Gasteiger charge is 2.30. The number of H-pyrrole nitrogens is 2. The van der Waals surface area contributed by atoms with Gasteiger partial charge in [0.2, 0.25) is 0 Å². The van der Waals surface area contributed by atoms with Gasteiger partial charge in [-0.3, -0.25) is 10.1 Å². The molecule has 0 bridgehead atoms. The van der Waals surface area contributed by atoms with Crippen LogP contribution in [0.3, 0.4) is 0 Å². The number of nitro benzene ring substituents is 1. The van der Waals surface area contributed by atoms with Crippen molar-refractivity contribution >= 4 is 17.7 Å². The lowest BCUT2D eigenvalue weighted by atomic mass is 10.2. The number of non-ortho nitro benzene ring substituents is 1. The van der Waals surface area contributed by atoms with Crippen molar-refractivity contribution in [2.75, 3.05) is 12.4 Å². The number of hydrogen-bond acceptors (Lipinski definition) is 7. The van der Waals surface area contributed by atoms with Crippen molar-refractivity contribution in [1.29, 1.82) is 0 Å². The molecule has 9 nitrogen and oxygen atoms in total. The van der Waals surface area contributed by atoms with Crippen LogP contribution in [0.1, 0.15) is 23.4 Å². The first-order valence-electron chi connectivity index (χ1n) is 11.1. The fourth-order valence-electron chi connectivity index (χ4n) is 2.97. The Morgan fingerprint density at radius 2 is 1.62 bits per heavy atom. The summed E-state index contributed by atoms with van der Waals surface area (Å²) in [5, 5.41) is 10.6. The largest absolute Gasteiger partial charge is 0.493 e. The van der Waals surface area contributed by atoms with Gasteiger partial charge in [-0.15, -0.1) is 0 Å². The fraction of sp³-hybridized carbons (Fsp3) is 0.250. The molecule has 0 aliphatic carbocycles. The van der Waals surface area contributed by atoms with Gasteiger partial charge in [0.05, 0.1) is 47.9 Å². The maximum Gasteiger partial charge on any atom is 0.416 e. The van der Waals surface area contributed by atoms with E-state index in [2.05, 4.69) is 19.9 Å². The van der Waals surface area contributed by atoms with Gasteiger partial charge in [0.15, 0.2) is 0 Å². The van der Waals surface area contributed by atoms with Crippen molar-refractivity contribution in [1.82, 2.24) is 19.9 Å². The fourth-order valence-corrected chi connectivity index (χ4v) is 3.59. The number of halogens is 3. The molecular formula is C24H24F3N5O4S. The standard InChI is InChI=1S/C12H11F3N2OS.C12H13N3O3/c13-12(14,15)9-2-1-3-11(6-9)18-19-5-4-10-7-16-8-17-10;16-15(17)11-4-1-5-12(7-11)18-6-2-3-10-8-13-9-14-10/h1-3,6-8H,4-5H2,(H,16,17);1,4-5,7-9H,2-3,6H2,(H,13,14). The van der Waals surface area contributed by atoms with Crippen molar-refractivity contribution < 1.29 is 27.0 Å². The number of hydrogen-bond donors (Lipinski definition) is 2. The van der Waals surface area contributed by atoms with Crippen molar-refractivity contribution in [2.24, 2.45) is 0 Å². The van der Waals surface area contributed by atoms with Gasteiger partial charge in [0, 0.05) is 42.0 Å². The molecule has 0 fully saturated rings. The molecule has 2 aromatic carbocycles. The van der Waals surface area contributed by atoms with Gasteiger partial charge >= 0.3 is 6.18 Å². The quantitative estimate of drug-likeness (QED) is 0.104. The first kappa shape index (κ1) is 27.6. The molecule has 0 aliphatic heterocycles. The van der Waals surface area contributed by atoms with Crippen molar-refractivity contribution in [3.8, 4) is 11.5 Å². The van der Waals surface area contributed by atoms with Gasteiger partial charge in [-0.25, -0.2) is 9.97 Å². The highest BCUT2D eigenvalue weighted by Crippen LogP contribution is 2.32. The Hall–Kier alpha value is -4.00. The minimum atomic E-state index is -4.35. The summed E-state index contributed by atoms with van der Waals surface area (Å²) < 4.78 is 48.1. The zero-order valence-corrected chi connectivity index (χ0v) is 20.3. The predicted octanol–water partition coefficient (Wildman–Crippen LogP) is 6.03. The van der Waals surface area contributed by atoms with Crippen molar-refractivity contribution in [3.63, 3.8) is 0 Å². The van der Waals surface area contributed by atoms with Crippen LogP contribution in [0.4, 0.5) is 18.9 Å². The second-order valence-electron chi connectivity index (χ2n) is 7.54. The molecule has 0 aliphatic rings. The zero-order chi connectivity index (χ0) is 26.5. The minimum Gasteiger partial charge on any atom is -0.493 e. The third kappa shape index (κ3) is 9.88. The number of benzene rings is 2. The molecule has 13 heteroatoms. The second-order valence-corrected chi connectivity index (χ2v) is 8.35. The van der Waals surface area contributed by atoms with E-state index in [9.17, 15) is 23.3 Å². The Balaban J connectivity index is 0.000000206. The molecule has 2 heterocycles.